The van der Waals surface area contributed by atoms with Crippen molar-refractivity contribution in [3.05, 3.63) is 53.1 Å². The number of aryl methyl sites for hydroxylation is 1. The molecule has 1 atom stereocenters. The molecule has 1 N–H and O–H groups in total. The van der Waals surface area contributed by atoms with E-state index < -0.39 is 17.4 Å². The third kappa shape index (κ3) is 5.23. The van der Waals surface area contributed by atoms with Crippen LogP contribution in [0.2, 0.25) is 5.02 Å². The molecule has 10 nitrogen and oxygen atoms in total. The normalized spacial score (nSPS) is 15.9. The van der Waals surface area contributed by atoms with Crippen molar-refractivity contribution in [3.63, 3.8) is 0 Å². The van der Waals surface area contributed by atoms with E-state index in [0.29, 0.717) is 37.6 Å². The number of aromatic hydroxyl groups is 1. The fraction of sp³-hybridized carbons (Fsp3) is 0.393. The summed E-state index contributed by atoms with van der Waals surface area (Å²) in [5.41, 5.74) is -0.191. The van der Waals surface area contributed by atoms with Gasteiger partial charge < -0.3 is 19.6 Å². The molecule has 0 bridgehead atoms. The first kappa shape index (κ1) is 29.9. The van der Waals surface area contributed by atoms with E-state index in [4.69, 9.17) is 16.3 Å². The van der Waals surface area contributed by atoms with E-state index in [0.717, 1.165) is 6.07 Å². The third-order valence-corrected chi connectivity index (χ3v) is 7.13. The lowest BCUT2D eigenvalue weighted by Gasteiger charge is -2.43. The van der Waals surface area contributed by atoms with E-state index in [1.54, 1.807) is 11.8 Å². The van der Waals surface area contributed by atoms with Gasteiger partial charge in [0.1, 0.15) is 29.2 Å². The van der Waals surface area contributed by atoms with Crippen molar-refractivity contribution in [1.82, 2.24) is 29.9 Å². The third-order valence-electron chi connectivity index (χ3n) is 6.77. The molecular weight excluding hydrogens is 556 g/mol. The second kappa shape index (κ2) is 12.6. The zero-order chi connectivity index (χ0) is 29.8. The Labute approximate surface area is 241 Å². The van der Waals surface area contributed by atoms with Gasteiger partial charge in [0, 0.05) is 31.6 Å². The number of ether oxygens (including phenoxy) is 1. The van der Waals surface area contributed by atoms with Crippen LogP contribution in [0, 0.1) is 18.6 Å². The van der Waals surface area contributed by atoms with E-state index in [2.05, 4.69) is 20.3 Å². The summed E-state index contributed by atoms with van der Waals surface area (Å²) in [5, 5.41) is 18.0. The van der Waals surface area contributed by atoms with Crippen LogP contribution >= 0.6 is 11.6 Å². The Hall–Kier alpha value is -4.06. The van der Waals surface area contributed by atoms with E-state index in [-0.39, 0.29) is 51.5 Å². The van der Waals surface area contributed by atoms with Crippen LogP contribution in [0.5, 0.6) is 11.5 Å². The lowest BCUT2D eigenvalue weighted by atomic mass is 9.99. The first-order valence-corrected chi connectivity index (χ1v) is 13.9. The molecule has 4 aromatic rings. The number of phenolic OH excluding ortho intramolecular Hbond substituents is 1. The Kier molecular flexibility index (Phi) is 9.21. The molecule has 4 heterocycles. The zero-order valence-corrected chi connectivity index (χ0v) is 24.3. The Morgan fingerprint density at radius 2 is 1.88 bits per heavy atom. The van der Waals surface area contributed by atoms with Gasteiger partial charge in [0.2, 0.25) is 0 Å². The van der Waals surface area contributed by atoms with Gasteiger partial charge in [-0.05, 0) is 19.1 Å². The Morgan fingerprint density at radius 3 is 2.56 bits per heavy atom. The van der Waals surface area contributed by atoms with Crippen molar-refractivity contribution in [2.24, 2.45) is 0 Å². The second-order valence-electron chi connectivity index (χ2n) is 8.89. The summed E-state index contributed by atoms with van der Waals surface area (Å²) in [7, 11) is 0. The number of piperazine rings is 1. The molecule has 2 aliphatic rings. The number of rotatable bonds is 1. The van der Waals surface area contributed by atoms with Crippen molar-refractivity contribution in [2.75, 3.05) is 31.1 Å². The number of halogens is 3. The first-order chi connectivity index (χ1) is 19.9. The van der Waals surface area contributed by atoms with Crippen molar-refractivity contribution in [2.45, 2.75) is 47.1 Å². The maximum Gasteiger partial charge on any atom is 0.346 e. The van der Waals surface area contributed by atoms with E-state index in [1.807, 2.05) is 32.6 Å². The number of fused-ring (bicyclic) bond motifs is 2. The Bertz CT molecular complexity index is 1550. The number of aromatic nitrogens is 5. The van der Waals surface area contributed by atoms with Gasteiger partial charge in [-0.25, -0.2) is 23.5 Å². The number of carbonyl (C=O) groups excluding carboxylic acids is 1. The van der Waals surface area contributed by atoms with Gasteiger partial charge in [0.15, 0.2) is 11.6 Å². The van der Waals surface area contributed by atoms with Gasteiger partial charge in [0.25, 0.3) is 0 Å². The van der Waals surface area contributed by atoms with Gasteiger partial charge in [-0.3, -0.25) is 0 Å². The SMILES string of the molecule is CC.CC.Cc1cnnn1C(=O)N1CCN2c3ncnc4c(F)c(-c5c(O)cccc5F)c(Cl)c(c34)OCCC2C1. The molecular formula is C28H32ClF2N7O3. The molecule has 0 saturated carbocycles. The molecule has 2 aliphatic heterocycles. The van der Waals surface area contributed by atoms with E-state index in [9.17, 15) is 14.3 Å². The van der Waals surface area contributed by atoms with Crippen molar-refractivity contribution in [3.8, 4) is 22.6 Å². The lowest BCUT2D eigenvalue weighted by molar-refractivity contribution is 0.175. The van der Waals surface area contributed by atoms with Gasteiger partial charge in [0.05, 0.1) is 40.5 Å². The monoisotopic (exact) mass is 587 g/mol. The fourth-order valence-electron chi connectivity index (χ4n) is 4.98. The molecule has 218 valence electrons. The molecule has 1 amide bonds. The Morgan fingerprint density at radius 1 is 1.12 bits per heavy atom. The summed E-state index contributed by atoms with van der Waals surface area (Å²) in [4.78, 5) is 25.2. The Balaban J connectivity index is 0.000000929. The van der Waals surface area contributed by atoms with Gasteiger partial charge in [-0.15, -0.1) is 5.10 Å². The molecule has 0 spiro atoms. The summed E-state index contributed by atoms with van der Waals surface area (Å²) in [5.74, 6) is -1.68. The van der Waals surface area contributed by atoms with Crippen LogP contribution in [0.4, 0.5) is 19.4 Å². The maximum atomic E-state index is 15.9. The highest BCUT2D eigenvalue weighted by molar-refractivity contribution is 6.36. The van der Waals surface area contributed by atoms with E-state index >= 15 is 4.39 Å². The van der Waals surface area contributed by atoms with Crippen molar-refractivity contribution >= 4 is 34.4 Å². The minimum absolute atomic E-state index is 0.112. The van der Waals surface area contributed by atoms with Crippen LogP contribution in [0.1, 0.15) is 39.8 Å². The summed E-state index contributed by atoms with van der Waals surface area (Å²) in [6, 6.07) is 3.20. The van der Waals surface area contributed by atoms with Crippen molar-refractivity contribution in [1.29, 1.82) is 0 Å². The second-order valence-corrected chi connectivity index (χ2v) is 9.27. The fourth-order valence-corrected chi connectivity index (χ4v) is 5.31. The summed E-state index contributed by atoms with van der Waals surface area (Å²) >= 11 is 6.63. The van der Waals surface area contributed by atoms with Gasteiger partial charge in [-0.1, -0.05) is 50.6 Å². The molecule has 13 heteroatoms. The summed E-state index contributed by atoms with van der Waals surface area (Å²) in [6.07, 6.45) is 3.23. The highest BCUT2D eigenvalue weighted by Crippen LogP contribution is 2.49. The molecule has 0 aliphatic carbocycles. The standard InChI is InChI=1S/C24H20ClF2N7O3.2C2H6/c1-12-9-30-31-34(12)24(36)32-6-7-33-13(10-32)5-8-37-22-18-21(28-11-29-23(18)33)20(27)17(19(22)25)16-14(26)3-2-4-15(16)35;2*1-2/h2-4,9,11,13,35H,5-8,10H2,1H3;2*1-2H3. The lowest BCUT2D eigenvalue weighted by Crippen LogP contribution is -2.56. The average Bonchev–Trinajstić information content (AvgIpc) is 3.42. The molecule has 0 radical (unpaired) electrons. The van der Waals surface area contributed by atoms with Gasteiger partial charge in [-0.2, -0.15) is 4.68 Å². The molecule has 41 heavy (non-hydrogen) atoms. The predicted octanol–water partition coefficient (Wildman–Crippen LogP) is 5.83. The topological polar surface area (TPSA) is 110 Å². The largest absolute Gasteiger partial charge is 0.507 e. The number of benzene rings is 2. The number of nitrogens with zero attached hydrogens (tertiary/aromatic N) is 7. The number of amides is 1. The number of phenols is 1. The minimum Gasteiger partial charge on any atom is -0.507 e. The van der Waals surface area contributed by atoms with E-state index in [1.165, 1.54) is 29.3 Å². The average molecular weight is 588 g/mol. The predicted molar refractivity (Wildman–Crippen MR) is 153 cm³/mol. The molecule has 1 saturated heterocycles. The molecule has 1 fully saturated rings. The number of anilines is 1. The first-order valence-electron chi connectivity index (χ1n) is 13.6. The van der Waals surface area contributed by atoms with Crippen LogP contribution in [-0.4, -0.2) is 73.3 Å². The van der Waals surface area contributed by atoms with Gasteiger partial charge >= 0.3 is 6.03 Å². The molecule has 2 aromatic heterocycles. The number of hydrogen-bond acceptors (Lipinski definition) is 8. The zero-order valence-electron chi connectivity index (χ0n) is 23.5. The summed E-state index contributed by atoms with van der Waals surface area (Å²) in [6.45, 7) is 11.1. The van der Waals surface area contributed by atoms with Crippen LogP contribution in [0.15, 0.2) is 30.7 Å². The van der Waals surface area contributed by atoms with Crippen LogP contribution in [0.3, 0.4) is 0 Å². The van der Waals surface area contributed by atoms with Crippen molar-refractivity contribution < 1.29 is 23.4 Å². The summed E-state index contributed by atoms with van der Waals surface area (Å²) < 4.78 is 37.9. The molecule has 2 aromatic carbocycles. The smallest absolute Gasteiger partial charge is 0.346 e. The number of hydrogen-bond donors (Lipinski definition) is 1. The van der Waals surface area contributed by atoms with Crippen LogP contribution in [0.25, 0.3) is 22.0 Å². The molecule has 1 unspecified atom stereocenters. The highest BCUT2D eigenvalue weighted by atomic mass is 35.5. The quantitative estimate of drug-likeness (QED) is 0.296. The molecule has 6 rings (SSSR count). The highest BCUT2D eigenvalue weighted by Gasteiger charge is 2.36. The maximum absolute atomic E-state index is 15.9. The number of carbonyl (C=O) groups is 1. The van der Waals surface area contributed by atoms with Crippen LogP contribution in [-0.2, 0) is 0 Å². The van der Waals surface area contributed by atoms with Crippen LogP contribution < -0.4 is 9.64 Å². The minimum atomic E-state index is -0.899.